The molecule has 1 saturated heterocycles. The first kappa shape index (κ1) is 26.3. The predicted octanol–water partition coefficient (Wildman–Crippen LogP) is 4.01. The fraction of sp³-hybridized carbons (Fsp3) is 0.346. The van der Waals surface area contributed by atoms with Crippen molar-refractivity contribution in [1.82, 2.24) is 14.7 Å². The zero-order valence-electron chi connectivity index (χ0n) is 21.2. The zero-order chi connectivity index (χ0) is 27.0. The minimum absolute atomic E-state index is 0.0104. The number of nitrogen functional groups attached to an aromatic ring is 1. The van der Waals surface area contributed by atoms with E-state index >= 15 is 0 Å². The molecule has 3 N–H and O–H groups in total. The topological polar surface area (TPSA) is 128 Å². The fourth-order valence-electron chi connectivity index (χ4n) is 3.92. The van der Waals surface area contributed by atoms with E-state index < -0.39 is 21.7 Å². The Morgan fingerprint density at radius 1 is 1.19 bits per heavy atom. The maximum Gasteiger partial charge on any atom is 0.281 e. The van der Waals surface area contributed by atoms with Crippen LogP contribution in [0.15, 0.2) is 53.6 Å². The van der Waals surface area contributed by atoms with Gasteiger partial charge in [-0.15, -0.1) is 0 Å². The standard InChI is InChI=1S/C26H30FN5O4S/c1-16(2)15-36-19-13-17(12-18(27)14-19)21-9-8-20(24(29-21)32-11-10-26(32,3)4)25(33)31-37(34,35)23-7-5-6-22(28)30-23/h5-9,12-14,16H,10-11,15H2,1-4H3,(H2,28,30)(H,31,33). The molecule has 1 fully saturated rings. The monoisotopic (exact) mass is 527 g/mol. The second kappa shape index (κ2) is 9.97. The highest BCUT2D eigenvalue weighted by Gasteiger charge is 2.39. The Morgan fingerprint density at radius 2 is 1.95 bits per heavy atom. The first-order valence-electron chi connectivity index (χ1n) is 11.9. The van der Waals surface area contributed by atoms with Gasteiger partial charge in [-0.1, -0.05) is 19.9 Å². The van der Waals surface area contributed by atoms with Gasteiger partial charge >= 0.3 is 0 Å². The third-order valence-electron chi connectivity index (χ3n) is 6.05. The smallest absolute Gasteiger partial charge is 0.281 e. The van der Waals surface area contributed by atoms with E-state index in [0.717, 1.165) is 6.42 Å². The van der Waals surface area contributed by atoms with Crippen LogP contribution in [-0.2, 0) is 10.0 Å². The molecule has 0 unspecified atom stereocenters. The number of halogens is 1. The Balaban J connectivity index is 1.72. The molecular formula is C26H30FN5O4S. The Kier molecular flexibility index (Phi) is 7.09. The number of rotatable bonds is 8. The number of carbonyl (C=O) groups excluding carboxylic acids is 1. The maximum absolute atomic E-state index is 14.4. The van der Waals surface area contributed by atoms with Gasteiger partial charge in [0.1, 0.15) is 23.2 Å². The van der Waals surface area contributed by atoms with Gasteiger partial charge in [-0.05, 0) is 62.6 Å². The summed E-state index contributed by atoms with van der Waals surface area (Å²) in [6.45, 7) is 9.05. The minimum Gasteiger partial charge on any atom is -0.493 e. The quantitative estimate of drug-likeness (QED) is 0.450. The number of anilines is 2. The Morgan fingerprint density at radius 3 is 2.57 bits per heavy atom. The second-order valence-corrected chi connectivity index (χ2v) is 11.6. The highest BCUT2D eigenvalue weighted by atomic mass is 32.2. The van der Waals surface area contributed by atoms with Crippen molar-refractivity contribution in [3.8, 4) is 17.0 Å². The molecule has 0 spiro atoms. The van der Waals surface area contributed by atoms with Gasteiger partial charge in [-0.25, -0.2) is 19.1 Å². The van der Waals surface area contributed by atoms with Crippen LogP contribution in [0.1, 0.15) is 44.5 Å². The van der Waals surface area contributed by atoms with Crippen molar-refractivity contribution in [2.45, 2.75) is 44.7 Å². The van der Waals surface area contributed by atoms with E-state index in [2.05, 4.69) is 14.7 Å². The molecule has 196 valence electrons. The second-order valence-electron chi connectivity index (χ2n) is 10.00. The summed E-state index contributed by atoms with van der Waals surface area (Å²) in [5.41, 5.74) is 6.26. The fourth-order valence-corrected chi connectivity index (χ4v) is 4.86. The molecular weight excluding hydrogens is 497 g/mol. The van der Waals surface area contributed by atoms with Crippen LogP contribution in [0.5, 0.6) is 5.75 Å². The van der Waals surface area contributed by atoms with Crippen molar-refractivity contribution in [3.63, 3.8) is 0 Å². The maximum atomic E-state index is 14.4. The number of carbonyl (C=O) groups is 1. The lowest BCUT2D eigenvalue weighted by molar-refractivity contribution is 0.0981. The highest BCUT2D eigenvalue weighted by Crippen LogP contribution is 2.37. The molecule has 0 atom stereocenters. The molecule has 2 aromatic heterocycles. The molecule has 0 saturated carbocycles. The van der Waals surface area contributed by atoms with Crippen LogP contribution in [0.2, 0.25) is 0 Å². The number of benzene rings is 1. The molecule has 11 heteroatoms. The van der Waals surface area contributed by atoms with Crippen molar-refractivity contribution < 1.29 is 22.3 Å². The minimum atomic E-state index is -4.28. The molecule has 1 aliphatic rings. The number of hydrogen-bond acceptors (Lipinski definition) is 8. The number of nitrogens with zero attached hydrogens (tertiary/aromatic N) is 3. The van der Waals surface area contributed by atoms with Gasteiger partial charge in [0.2, 0.25) is 0 Å². The van der Waals surface area contributed by atoms with E-state index in [1.807, 2.05) is 32.6 Å². The largest absolute Gasteiger partial charge is 0.493 e. The summed E-state index contributed by atoms with van der Waals surface area (Å²) in [7, 11) is -4.28. The van der Waals surface area contributed by atoms with E-state index in [-0.39, 0.29) is 27.9 Å². The van der Waals surface area contributed by atoms with Crippen molar-refractivity contribution in [1.29, 1.82) is 0 Å². The van der Waals surface area contributed by atoms with Gasteiger partial charge in [0, 0.05) is 23.7 Å². The molecule has 0 aliphatic carbocycles. The van der Waals surface area contributed by atoms with E-state index in [0.29, 0.717) is 36.0 Å². The van der Waals surface area contributed by atoms with Gasteiger partial charge in [-0.3, -0.25) is 4.79 Å². The van der Waals surface area contributed by atoms with Crippen molar-refractivity contribution in [3.05, 3.63) is 59.9 Å². The summed E-state index contributed by atoms with van der Waals surface area (Å²) >= 11 is 0. The number of nitrogens with two attached hydrogens (primary N) is 1. The number of nitrogens with one attached hydrogen (secondary N) is 1. The molecule has 1 amide bonds. The van der Waals surface area contributed by atoms with E-state index in [4.69, 9.17) is 10.5 Å². The lowest BCUT2D eigenvalue weighted by Gasteiger charge is -2.49. The van der Waals surface area contributed by atoms with Crippen LogP contribution in [-0.4, -0.2) is 43.0 Å². The molecule has 3 aromatic rings. The van der Waals surface area contributed by atoms with Gasteiger partial charge in [0.15, 0.2) is 5.03 Å². The Hall–Kier alpha value is -3.73. The first-order chi connectivity index (χ1) is 17.4. The van der Waals surface area contributed by atoms with Gasteiger partial charge in [-0.2, -0.15) is 8.42 Å². The lowest BCUT2D eigenvalue weighted by Crippen LogP contribution is -2.57. The molecule has 1 aromatic carbocycles. The van der Waals surface area contributed by atoms with E-state index in [1.54, 1.807) is 12.1 Å². The van der Waals surface area contributed by atoms with Crippen LogP contribution >= 0.6 is 0 Å². The van der Waals surface area contributed by atoms with Crippen molar-refractivity contribution in [2.75, 3.05) is 23.8 Å². The van der Waals surface area contributed by atoms with Gasteiger partial charge in [0.05, 0.1) is 17.9 Å². The summed E-state index contributed by atoms with van der Waals surface area (Å²) in [6.07, 6.45) is 0.860. The van der Waals surface area contributed by atoms with Crippen LogP contribution in [0.25, 0.3) is 11.3 Å². The van der Waals surface area contributed by atoms with Crippen LogP contribution < -0.4 is 20.1 Å². The Labute approximate surface area is 215 Å². The van der Waals surface area contributed by atoms with E-state index in [1.165, 1.54) is 36.4 Å². The van der Waals surface area contributed by atoms with Crippen LogP contribution in [0.4, 0.5) is 16.0 Å². The molecule has 1 aliphatic heterocycles. The number of sulfonamides is 1. The average Bonchev–Trinajstić information content (AvgIpc) is 2.81. The number of aromatic nitrogens is 2. The molecule has 0 radical (unpaired) electrons. The molecule has 9 nitrogen and oxygen atoms in total. The third kappa shape index (κ3) is 5.82. The lowest BCUT2D eigenvalue weighted by atomic mass is 9.88. The average molecular weight is 528 g/mol. The third-order valence-corrected chi connectivity index (χ3v) is 7.28. The predicted molar refractivity (Wildman–Crippen MR) is 139 cm³/mol. The SMILES string of the molecule is CC(C)COc1cc(F)cc(-c2ccc(C(=O)NS(=O)(=O)c3cccc(N)n3)c(N3CCC3(C)C)n2)c1. The van der Waals surface area contributed by atoms with Gasteiger partial charge in [0.25, 0.3) is 15.9 Å². The zero-order valence-corrected chi connectivity index (χ0v) is 22.0. The number of pyridine rings is 2. The summed E-state index contributed by atoms with van der Waals surface area (Å²) in [6, 6.07) is 11.5. The van der Waals surface area contributed by atoms with Crippen LogP contribution in [0, 0.1) is 11.7 Å². The molecule has 37 heavy (non-hydrogen) atoms. The molecule has 3 heterocycles. The first-order valence-corrected chi connectivity index (χ1v) is 13.4. The Bertz CT molecular complexity index is 1440. The van der Waals surface area contributed by atoms with Crippen molar-refractivity contribution in [2.24, 2.45) is 5.92 Å². The number of ether oxygens (including phenoxy) is 1. The number of amides is 1. The van der Waals surface area contributed by atoms with Crippen molar-refractivity contribution >= 4 is 27.6 Å². The highest BCUT2D eigenvalue weighted by molar-refractivity contribution is 7.90. The normalized spacial score (nSPS) is 14.8. The molecule has 4 rings (SSSR count). The van der Waals surface area contributed by atoms with Gasteiger partial charge < -0.3 is 15.4 Å². The van der Waals surface area contributed by atoms with Crippen LogP contribution in [0.3, 0.4) is 0 Å². The summed E-state index contributed by atoms with van der Waals surface area (Å²) in [5, 5.41) is -0.370. The summed E-state index contributed by atoms with van der Waals surface area (Å²) < 4.78 is 47.8. The molecule has 0 bridgehead atoms. The van der Waals surface area contributed by atoms with E-state index in [9.17, 15) is 17.6 Å². The number of hydrogen-bond donors (Lipinski definition) is 2. The summed E-state index contributed by atoms with van der Waals surface area (Å²) in [4.78, 5) is 23.6. The summed E-state index contributed by atoms with van der Waals surface area (Å²) in [5.74, 6) is -0.389.